The zero-order valence-corrected chi connectivity index (χ0v) is 62.4. The van der Waals surface area contributed by atoms with Crippen LogP contribution in [0.4, 0.5) is 5.82 Å². The van der Waals surface area contributed by atoms with Crippen molar-refractivity contribution in [1.82, 2.24) is 27.3 Å². The highest BCUT2D eigenvalue weighted by Gasteiger charge is 2.61. The van der Waals surface area contributed by atoms with E-state index < -0.39 is 247 Å². The average molecular weight is 1580 g/mol. The minimum Gasteiger partial charge on any atom is -0.544 e. The highest BCUT2D eigenvalue weighted by atomic mass is 16.8. The molecule has 4 amide bonds. The van der Waals surface area contributed by atoms with Gasteiger partial charge in [-0.25, -0.2) is 0 Å². The fourth-order valence-electron chi connectivity index (χ4n) is 13.7. The van der Waals surface area contributed by atoms with E-state index >= 15 is 0 Å². The number of aryl methyl sites for hydroxylation is 1. The fraction of sp³-hybridized carbons (Fsp3) is 0.775. The first-order valence-electron chi connectivity index (χ1n) is 37.2. The van der Waals surface area contributed by atoms with Crippen molar-refractivity contribution in [2.45, 2.75) is 308 Å². The van der Waals surface area contributed by atoms with Crippen molar-refractivity contribution in [2.24, 2.45) is 0 Å². The molecule has 39 nitrogen and oxygen atoms in total. The molecule has 0 bridgehead atoms. The molecule has 5 aliphatic heterocycles. The van der Waals surface area contributed by atoms with Gasteiger partial charge in [0.1, 0.15) is 128 Å². The number of carbonyl (C=O) groups is 5. The van der Waals surface area contributed by atoms with Gasteiger partial charge in [0.25, 0.3) is 5.91 Å². The van der Waals surface area contributed by atoms with Crippen molar-refractivity contribution >= 4 is 41.5 Å². The van der Waals surface area contributed by atoms with E-state index in [1.165, 1.54) is 88.1 Å². The van der Waals surface area contributed by atoms with Crippen molar-refractivity contribution < 1.29 is 163 Å². The number of hydrogen-bond acceptors (Lipinski definition) is 34. The maximum atomic E-state index is 13.7. The van der Waals surface area contributed by atoms with Crippen molar-refractivity contribution in [3.8, 4) is 0 Å². The Morgan fingerprint density at radius 1 is 0.609 bits per heavy atom. The van der Waals surface area contributed by atoms with Gasteiger partial charge in [-0.15, -0.1) is 0 Å². The van der Waals surface area contributed by atoms with E-state index in [9.17, 15) is 111 Å². The van der Waals surface area contributed by atoms with E-state index in [0.29, 0.717) is 17.7 Å². The van der Waals surface area contributed by atoms with Crippen LogP contribution in [0.25, 0.3) is 6.08 Å². The Bertz CT molecular complexity index is 3110. The minimum atomic E-state index is -3.52. The van der Waals surface area contributed by atoms with Crippen LogP contribution in [0, 0.1) is 6.92 Å². The van der Waals surface area contributed by atoms with Gasteiger partial charge in [-0.1, -0.05) is 126 Å². The number of benzene rings is 1. The van der Waals surface area contributed by atoms with Crippen molar-refractivity contribution in [3.05, 3.63) is 53.3 Å². The number of nitrogens with zero attached hydrogens (tertiary/aromatic N) is 1. The Balaban J connectivity index is 0.0000189. The second-order valence-corrected chi connectivity index (χ2v) is 28.3. The number of aromatic nitrogens is 1. The number of nitrogens with one attached hydrogen (secondary N) is 4. The second kappa shape index (κ2) is 45.5. The maximum absolute atomic E-state index is 13.7. The standard InChI is InChI=1S/C71H113N5O33.H3N/c1-5-6-7-8-9-10-11-12-13-14-15-16-17-18-19-20-49(87)74-40(41(84)26-23-38-21-24-39(25-22-38)65(96)75-48-27-35(2)109-76-48)34-99-67-58(94)56(92)60(46(32-80)102-67)104-69-59(95)64(108-71(70(97)98)28-42(85)50(72-36(3)82)63(107-71)52(88)43(86)29-77)61(47(33-81)103-69)105-66-51(73-37(4)83)62(54(90)45(31-79)100-66)106-68-57(93)55(91)53(89)44(30-78)101-68;/h21-27,40-47,50-64,66-69,77-81,84-86,88-95H,5-20,28-34H2,1-4H3,(H,72,82)(H,73,83)(H,74,87)(H,97,98)(H,75,76,96);1H3/b26-23+;/t40-,41+,42-,43+,44+,45+,46+,47+,50?,51+,52+,53-,54-,55-,56+,57+,58+,59+,60+,61-,62+,63?,64+,66-,67+,68-,69-,71-;/m0./s1. The van der Waals surface area contributed by atoms with Crippen LogP contribution < -0.4 is 32.5 Å². The van der Waals surface area contributed by atoms with Gasteiger partial charge < -0.3 is 171 Å². The molecule has 39 heteroatoms. The summed E-state index contributed by atoms with van der Waals surface area (Å²) in [6, 6.07) is 2.66. The molecule has 0 aliphatic carbocycles. The summed E-state index contributed by atoms with van der Waals surface area (Å²) in [7, 11) is 0. The van der Waals surface area contributed by atoms with Gasteiger partial charge in [0.05, 0.1) is 63.9 Å². The summed E-state index contributed by atoms with van der Waals surface area (Å²) in [4.78, 5) is 65.9. The van der Waals surface area contributed by atoms with Gasteiger partial charge in [-0.2, -0.15) is 0 Å². The molecule has 1 aromatic heterocycles. The maximum Gasteiger partial charge on any atom is 0.256 e. The van der Waals surface area contributed by atoms with Crippen LogP contribution in [0.1, 0.15) is 152 Å². The number of ether oxygens (including phenoxy) is 10. The van der Waals surface area contributed by atoms with Crippen LogP contribution in [0.15, 0.2) is 40.9 Å². The van der Waals surface area contributed by atoms with Gasteiger partial charge in [-0.3, -0.25) is 19.2 Å². The van der Waals surface area contributed by atoms with Gasteiger partial charge in [0.2, 0.25) is 23.5 Å². The molecular weight excluding hydrogens is 1460 g/mol. The molecular formula is C71H116N6O33. The van der Waals surface area contributed by atoms with Gasteiger partial charge in [-0.05, 0) is 31.0 Å². The lowest BCUT2D eigenvalue weighted by Gasteiger charge is -2.54. The first-order valence-corrected chi connectivity index (χ1v) is 37.2. The first-order chi connectivity index (χ1) is 52.0. The number of carboxylic acid groups (broad SMARTS) is 1. The van der Waals surface area contributed by atoms with Gasteiger partial charge in [0.15, 0.2) is 31.0 Å². The molecule has 0 radical (unpaired) electrons. The number of hydrogen-bond donors (Lipinski definition) is 21. The highest BCUT2D eigenvalue weighted by molar-refractivity contribution is 6.03. The summed E-state index contributed by atoms with van der Waals surface area (Å²) in [5.74, 6) is -8.10. The number of anilines is 1. The van der Waals surface area contributed by atoms with Gasteiger partial charge in [0, 0.05) is 38.3 Å². The summed E-state index contributed by atoms with van der Waals surface area (Å²) in [6.45, 7) is -0.606. The highest BCUT2D eigenvalue weighted by Crippen LogP contribution is 2.41. The molecule has 1 aromatic carbocycles. The quantitative estimate of drug-likeness (QED) is 0.0277. The van der Waals surface area contributed by atoms with Crippen LogP contribution >= 0.6 is 0 Å². The van der Waals surface area contributed by atoms with E-state index in [-0.39, 0.29) is 24.0 Å². The average Bonchev–Trinajstić information content (AvgIpc) is 0.827. The number of carbonyl (C=O) groups excluding carboxylic acids is 5. The number of carboxylic acids is 1. The molecule has 2 aromatic rings. The SMILES string of the molecule is CCCCCCCCCCCCCCCCCC(=O)N[C@@H](CO[C@@H]1O[C@H](CO)[C@@H](O[C@@H]2O[C@H](CO)[C@H](O[C@@H]3O[C@H](CO)[C@H](O)[C@H](O[C@@H]4O[C@H](CO)[C@H](O)[C@H](O)[C@H]4O)[C@H]3NC(C)=O)[C@H](O[C@]3(C(=O)[O-])C[C@H](O)C(NC(C)=O)C([C@H](O)[C@H](O)CO)O3)[C@H]2O)[C@H](O)[C@H]1O)[C@H](O)/C=C/c1ccc(C(=O)Nc2cc(C)on2)cc1.[NH4+]. The summed E-state index contributed by atoms with van der Waals surface area (Å²) in [5, 5.41) is 206. The number of unbranched alkanes of at least 4 members (excludes halogenated alkanes) is 14. The zero-order chi connectivity index (χ0) is 79.8. The van der Waals surface area contributed by atoms with Crippen LogP contribution in [0.2, 0.25) is 0 Å². The van der Waals surface area contributed by atoms with Crippen LogP contribution in [0.3, 0.4) is 0 Å². The largest absolute Gasteiger partial charge is 0.544 e. The summed E-state index contributed by atoms with van der Waals surface area (Å²) >= 11 is 0. The first kappa shape index (κ1) is 93.3. The third-order valence-electron chi connectivity index (χ3n) is 19.8. The molecule has 0 saturated carbocycles. The molecule has 7 rings (SSSR count). The lowest BCUT2D eigenvalue weighted by molar-refractivity contribution is -0.421. The van der Waals surface area contributed by atoms with Crippen molar-refractivity contribution in [3.63, 3.8) is 0 Å². The van der Waals surface area contributed by atoms with Crippen LogP contribution in [0.5, 0.6) is 0 Å². The van der Waals surface area contributed by atoms with E-state index in [2.05, 4.69) is 33.3 Å². The normalized spacial score (nSPS) is 33.8. The van der Waals surface area contributed by atoms with E-state index in [4.69, 9.17) is 51.9 Å². The molecule has 5 aliphatic rings. The summed E-state index contributed by atoms with van der Waals surface area (Å²) < 4.78 is 64.7. The fourth-order valence-corrected chi connectivity index (χ4v) is 13.7. The van der Waals surface area contributed by atoms with Crippen molar-refractivity contribution in [2.75, 3.05) is 45.0 Å². The molecule has 0 spiro atoms. The summed E-state index contributed by atoms with van der Waals surface area (Å²) in [5.41, 5.74) is 0.759. The lowest BCUT2D eigenvalue weighted by atomic mass is 9.88. The molecule has 28 atom stereocenters. The monoisotopic (exact) mass is 1580 g/mol. The molecule has 628 valence electrons. The zero-order valence-electron chi connectivity index (χ0n) is 62.4. The van der Waals surface area contributed by atoms with E-state index in [1.54, 1.807) is 19.1 Å². The third kappa shape index (κ3) is 25.5. The molecule has 2 unspecified atom stereocenters. The number of aliphatic hydroxyl groups excluding tert-OH is 16. The number of amides is 4. The smallest absolute Gasteiger partial charge is 0.256 e. The van der Waals surface area contributed by atoms with E-state index in [1.807, 2.05) is 0 Å². The Labute approximate surface area is 635 Å². The number of rotatable bonds is 43. The number of aliphatic hydroxyl groups is 16. The number of aliphatic carboxylic acids is 1. The topological polar surface area (TPSA) is 635 Å². The Morgan fingerprint density at radius 3 is 1.67 bits per heavy atom. The predicted octanol–water partition coefficient (Wildman–Crippen LogP) is -5.00. The van der Waals surface area contributed by atoms with Crippen LogP contribution in [-0.2, 0) is 66.5 Å². The molecule has 24 N–H and O–H groups in total. The Morgan fingerprint density at radius 2 is 1.12 bits per heavy atom. The lowest BCUT2D eigenvalue weighted by Crippen LogP contribution is -2.73. The Kier molecular flexibility index (Phi) is 38.6. The van der Waals surface area contributed by atoms with Crippen LogP contribution in [-0.4, -0.2) is 327 Å². The predicted molar refractivity (Wildman–Crippen MR) is 376 cm³/mol. The van der Waals surface area contributed by atoms with Crippen molar-refractivity contribution in [1.29, 1.82) is 0 Å². The van der Waals surface area contributed by atoms with E-state index in [0.717, 1.165) is 46.0 Å². The molecule has 6 heterocycles. The Hall–Kier alpha value is -5.56. The number of quaternary nitrogens is 1. The molecule has 5 saturated heterocycles. The second-order valence-electron chi connectivity index (χ2n) is 28.3. The minimum absolute atomic E-state index is 0. The van der Waals surface area contributed by atoms with Gasteiger partial charge >= 0.3 is 0 Å². The third-order valence-corrected chi connectivity index (χ3v) is 19.8. The molecule has 110 heavy (non-hydrogen) atoms. The molecule has 5 fully saturated rings. The summed E-state index contributed by atoms with van der Waals surface area (Å²) in [6.07, 6.45) is -32.7.